The maximum atomic E-state index is 6.26. The Morgan fingerprint density at radius 2 is 0.821 bits per heavy atom. The Hall–Kier alpha value is -7.43. The van der Waals surface area contributed by atoms with Crippen LogP contribution in [0.25, 0.3) is 89.5 Å². The zero-order valence-corrected chi connectivity index (χ0v) is 30.1. The number of fused-ring (bicyclic) bond motifs is 13. The van der Waals surface area contributed by atoms with E-state index in [0.717, 1.165) is 49.8 Å². The molecule has 0 bridgehead atoms. The van der Waals surface area contributed by atoms with E-state index in [-0.39, 0.29) is 5.41 Å². The van der Waals surface area contributed by atoms with Crippen molar-refractivity contribution in [2.45, 2.75) is 5.41 Å². The van der Waals surface area contributed by atoms with Gasteiger partial charge in [0.1, 0.15) is 11.2 Å². The van der Waals surface area contributed by atoms with Crippen LogP contribution in [0.5, 0.6) is 0 Å². The average Bonchev–Trinajstić information content (AvgIpc) is 3.91. The van der Waals surface area contributed by atoms with E-state index >= 15 is 0 Å². The van der Waals surface area contributed by atoms with Crippen LogP contribution in [0, 0.1) is 0 Å². The van der Waals surface area contributed by atoms with Crippen molar-refractivity contribution in [2.75, 3.05) is 0 Å². The lowest BCUT2D eigenvalue weighted by molar-refractivity contribution is 0.669. The molecule has 4 nitrogen and oxygen atoms in total. The third-order valence-electron chi connectivity index (χ3n) is 11.8. The predicted molar refractivity (Wildman–Crippen MR) is 225 cm³/mol. The van der Waals surface area contributed by atoms with Gasteiger partial charge in [0.25, 0.3) is 0 Å². The topological polar surface area (TPSA) is 51.8 Å². The van der Waals surface area contributed by atoms with Gasteiger partial charge in [-0.1, -0.05) is 164 Å². The van der Waals surface area contributed by atoms with Crippen molar-refractivity contribution in [1.29, 1.82) is 0 Å². The molecule has 1 spiro atoms. The van der Waals surface area contributed by atoms with Gasteiger partial charge in [0.05, 0.1) is 5.41 Å². The smallest absolute Gasteiger partial charge is 0.164 e. The highest BCUT2D eigenvalue weighted by Crippen LogP contribution is 2.63. The molecule has 260 valence electrons. The predicted octanol–water partition coefficient (Wildman–Crippen LogP) is 12.8. The van der Waals surface area contributed by atoms with E-state index in [1.165, 1.54) is 44.5 Å². The lowest BCUT2D eigenvalue weighted by Crippen LogP contribution is -2.25. The summed E-state index contributed by atoms with van der Waals surface area (Å²) in [6.07, 6.45) is 0. The maximum absolute atomic E-state index is 6.26. The normalized spacial score (nSPS) is 13.1. The summed E-state index contributed by atoms with van der Waals surface area (Å²) in [5, 5.41) is 2.03. The Labute approximate surface area is 323 Å². The number of benzene rings is 8. The van der Waals surface area contributed by atoms with E-state index in [1.54, 1.807) is 0 Å². The van der Waals surface area contributed by atoms with Gasteiger partial charge in [-0.05, 0) is 79.9 Å². The first kappa shape index (κ1) is 31.0. The molecule has 0 fully saturated rings. The van der Waals surface area contributed by atoms with Gasteiger partial charge in [0.2, 0.25) is 0 Å². The average molecular weight is 714 g/mol. The van der Waals surface area contributed by atoms with Crippen molar-refractivity contribution in [3.8, 4) is 67.5 Å². The largest absolute Gasteiger partial charge is 0.456 e. The standard InChI is InChI=1S/C52H31N3O/c1-2-14-32(15-3-1)49-53-50(55-51(54-49)40-22-13-27-47-48(40)39-21-7-11-26-46(39)56-47)35-17-12-16-33(30-35)34-28-29-45-41(31-34)38-20-6-10-25-44(38)52(45)42-23-8-4-18-36(42)37-19-5-9-24-43(37)52/h1-31H. The van der Waals surface area contributed by atoms with Crippen LogP contribution in [0.3, 0.4) is 0 Å². The minimum Gasteiger partial charge on any atom is -0.456 e. The number of nitrogens with zero attached hydrogens (tertiary/aromatic N) is 3. The Morgan fingerprint density at radius 1 is 0.321 bits per heavy atom. The highest BCUT2D eigenvalue weighted by Gasteiger charge is 2.51. The van der Waals surface area contributed by atoms with Crippen molar-refractivity contribution in [3.63, 3.8) is 0 Å². The SMILES string of the molecule is c1ccc(-c2nc(-c3cccc(-c4ccc5c(c4)-c4ccccc4C54c5ccccc5-c5ccccc54)c3)nc(-c3cccc4oc5ccccc5c34)n2)cc1. The zero-order chi connectivity index (χ0) is 36.8. The van der Waals surface area contributed by atoms with Crippen LogP contribution in [0.1, 0.15) is 22.3 Å². The molecule has 2 aliphatic carbocycles. The minimum absolute atomic E-state index is 0.363. The van der Waals surface area contributed by atoms with Gasteiger partial charge in [-0.15, -0.1) is 0 Å². The molecule has 8 aromatic carbocycles. The molecule has 0 radical (unpaired) electrons. The summed E-state index contributed by atoms with van der Waals surface area (Å²) in [5.74, 6) is 1.84. The number of furan rings is 1. The van der Waals surface area contributed by atoms with Crippen molar-refractivity contribution in [3.05, 3.63) is 210 Å². The van der Waals surface area contributed by atoms with Crippen molar-refractivity contribution < 1.29 is 4.42 Å². The maximum Gasteiger partial charge on any atom is 0.164 e. The number of rotatable bonds is 4. The molecule has 2 heterocycles. The van der Waals surface area contributed by atoms with Crippen LogP contribution in [-0.2, 0) is 5.41 Å². The number of hydrogen-bond donors (Lipinski definition) is 0. The first-order chi connectivity index (χ1) is 27.8. The second-order valence-corrected chi connectivity index (χ2v) is 14.7. The van der Waals surface area contributed by atoms with E-state index < -0.39 is 0 Å². The highest BCUT2D eigenvalue weighted by molar-refractivity contribution is 6.11. The van der Waals surface area contributed by atoms with E-state index in [4.69, 9.17) is 19.4 Å². The molecule has 2 aliphatic rings. The molecule has 0 amide bonds. The Bertz CT molecular complexity index is 3170. The summed E-state index contributed by atoms with van der Waals surface area (Å²) >= 11 is 0. The van der Waals surface area contributed by atoms with E-state index in [0.29, 0.717) is 17.5 Å². The summed E-state index contributed by atoms with van der Waals surface area (Å²) in [7, 11) is 0. The van der Waals surface area contributed by atoms with E-state index in [9.17, 15) is 0 Å². The van der Waals surface area contributed by atoms with Gasteiger partial charge in [0, 0.05) is 27.5 Å². The van der Waals surface area contributed by atoms with Gasteiger partial charge in [0.15, 0.2) is 17.5 Å². The molecule has 2 aromatic heterocycles. The fourth-order valence-corrected chi connectivity index (χ4v) is 9.42. The second-order valence-electron chi connectivity index (χ2n) is 14.7. The Morgan fingerprint density at radius 3 is 1.57 bits per heavy atom. The molecule has 56 heavy (non-hydrogen) atoms. The fraction of sp³-hybridized carbons (Fsp3) is 0.0192. The molecule has 12 rings (SSSR count). The van der Waals surface area contributed by atoms with Crippen molar-refractivity contribution in [2.24, 2.45) is 0 Å². The van der Waals surface area contributed by atoms with Gasteiger partial charge in [-0.25, -0.2) is 15.0 Å². The Kier molecular flexibility index (Phi) is 6.52. The van der Waals surface area contributed by atoms with Crippen LogP contribution >= 0.6 is 0 Å². The van der Waals surface area contributed by atoms with E-state index in [1.807, 2.05) is 60.7 Å². The minimum atomic E-state index is -0.363. The molecule has 0 N–H and O–H groups in total. The first-order valence-electron chi connectivity index (χ1n) is 19.0. The van der Waals surface area contributed by atoms with Crippen LogP contribution in [0.2, 0.25) is 0 Å². The van der Waals surface area contributed by atoms with Crippen LogP contribution < -0.4 is 0 Å². The second kappa shape index (κ2) is 11.8. The molecule has 10 aromatic rings. The van der Waals surface area contributed by atoms with E-state index in [2.05, 4.69) is 127 Å². The fourth-order valence-electron chi connectivity index (χ4n) is 9.42. The van der Waals surface area contributed by atoms with Crippen LogP contribution in [-0.4, -0.2) is 15.0 Å². The summed E-state index contributed by atoms with van der Waals surface area (Å²) in [4.78, 5) is 15.4. The Balaban J connectivity index is 1.03. The molecular formula is C52H31N3O. The quantitative estimate of drug-likeness (QED) is 0.182. The van der Waals surface area contributed by atoms with Gasteiger partial charge >= 0.3 is 0 Å². The van der Waals surface area contributed by atoms with Crippen LogP contribution in [0.15, 0.2) is 192 Å². The molecule has 0 atom stereocenters. The lowest BCUT2D eigenvalue weighted by Gasteiger charge is -2.30. The van der Waals surface area contributed by atoms with Gasteiger partial charge < -0.3 is 4.42 Å². The lowest BCUT2D eigenvalue weighted by atomic mass is 9.70. The molecule has 4 heteroatoms. The molecular weight excluding hydrogens is 683 g/mol. The monoisotopic (exact) mass is 713 g/mol. The van der Waals surface area contributed by atoms with Crippen LogP contribution in [0.4, 0.5) is 0 Å². The summed E-state index contributed by atoms with van der Waals surface area (Å²) in [6, 6.07) is 66.8. The number of aromatic nitrogens is 3. The molecule has 0 unspecified atom stereocenters. The third kappa shape index (κ3) is 4.32. The third-order valence-corrected chi connectivity index (χ3v) is 11.8. The zero-order valence-electron chi connectivity index (χ0n) is 30.1. The van der Waals surface area contributed by atoms with Crippen molar-refractivity contribution >= 4 is 21.9 Å². The molecule has 0 saturated carbocycles. The first-order valence-corrected chi connectivity index (χ1v) is 19.0. The summed E-state index contributed by atoms with van der Waals surface area (Å²) in [5.41, 5.74) is 16.8. The number of para-hydroxylation sites is 1. The molecule has 0 saturated heterocycles. The molecule has 0 aliphatic heterocycles. The van der Waals surface area contributed by atoms with Gasteiger partial charge in [-0.2, -0.15) is 0 Å². The summed E-state index contributed by atoms with van der Waals surface area (Å²) in [6.45, 7) is 0. The number of hydrogen-bond acceptors (Lipinski definition) is 4. The van der Waals surface area contributed by atoms with Gasteiger partial charge in [-0.3, -0.25) is 0 Å². The highest BCUT2D eigenvalue weighted by atomic mass is 16.3. The van der Waals surface area contributed by atoms with Crippen molar-refractivity contribution in [1.82, 2.24) is 15.0 Å². The summed E-state index contributed by atoms with van der Waals surface area (Å²) < 4.78 is 6.26.